The van der Waals surface area contributed by atoms with Crippen molar-refractivity contribution in [2.45, 2.75) is 56.4 Å². The van der Waals surface area contributed by atoms with Crippen LogP contribution in [0.5, 0.6) is 0 Å². The zero-order valence-corrected chi connectivity index (χ0v) is 20.9. The first kappa shape index (κ1) is 25.3. The smallest absolute Gasteiger partial charge is 0.330 e. The van der Waals surface area contributed by atoms with Crippen LogP contribution >= 0.6 is 0 Å². The van der Waals surface area contributed by atoms with E-state index in [4.69, 9.17) is 4.74 Å². The molecule has 8 nitrogen and oxygen atoms in total. The minimum absolute atomic E-state index is 0.265. The second-order valence-corrected chi connectivity index (χ2v) is 13.3. The van der Waals surface area contributed by atoms with Crippen LogP contribution in [0.4, 0.5) is 0 Å². The van der Waals surface area contributed by atoms with E-state index in [2.05, 4.69) is 11.9 Å². The van der Waals surface area contributed by atoms with E-state index in [1.54, 1.807) is 6.92 Å². The lowest BCUT2D eigenvalue weighted by molar-refractivity contribution is -0.0962. The Bertz CT molecular complexity index is 1220. The number of benzene rings is 2. The molecule has 4 rings (SSSR count). The molecule has 1 aliphatic rings. The van der Waals surface area contributed by atoms with Crippen molar-refractivity contribution in [1.29, 1.82) is 0 Å². The summed E-state index contributed by atoms with van der Waals surface area (Å²) in [6.45, 7) is 3.10. The Morgan fingerprint density at radius 1 is 1.03 bits per heavy atom. The summed E-state index contributed by atoms with van der Waals surface area (Å²) < 4.78 is 7.77. The lowest BCUT2D eigenvalue weighted by Crippen LogP contribution is -2.78. The minimum atomic E-state index is -3.36. The van der Waals surface area contributed by atoms with Crippen LogP contribution in [-0.2, 0) is 10.1 Å². The van der Waals surface area contributed by atoms with Gasteiger partial charge in [-0.1, -0.05) is 80.4 Å². The number of hydrogen-bond acceptors (Lipinski definition) is 6. The molecule has 4 N–H and O–H groups in total. The van der Waals surface area contributed by atoms with E-state index in [0.29, 0.717) is 6.04 Å². The van der Waals surface area contributed by atoms with E-state index in [-0.39, 0.29) is 5.56 Å². The highest BCUT2D eigenvalue weighted by Gasteiger charge is 2.68. The summed E-state index contributed by atoms with van der Waals surface area (Å²) in [5.41, 5.74) is -1.01. The molecule has 2 aromatic carbocycles. The molecule has 0 unspecified atom stereocenters. The van der Waals surface area contributed by atoms with Crippen molar-refractivity contribution < 1.29 is 20.1 Å². The Kier molecular flexibility index (Phi) is 7.25. The Labute approximate surface area is 204 Å². The molecule has 2 heterocycles. The number of unbranched alkanes of at least 4 members (excludes halogenated alkanes) is 1. The zero-order chi connectivity index (χ0) is 25.2. The van der Waals surface area contributed by atoms with Crippen LogP contribution in [0.1, 0.15) is 25.3 Å². The predicted octanol–water partition coefficient (Wildman–Crippen LogP) is 0.213. The van der Waals surface area contributed by atoms with Gasteiger partial charge in [-0.3, -0.25) is 14.3 Å². The fourth-order valence-electron chi connectivity index (χ4n) is 5.46. The number of aliphatic hydroxyl groups is 3. The van der Waals surface area contributed by atoms with E-state index in [9.17, 15) is 24.9 Å². The van der Waals surface area contributed by atoms with Gasteiger partial charge in [0.05, 0.1) is 6.61 Å². The molecule has 4 atom stereocenters. The summed E-state index contributed by atoms with van der Waals surface area (Å²) in [6.07, 6.45) is -1.09. The summed E-state index contributed by atoms with van der Waals surface area (Å²) in [7, 11) is -3.36. The molecule has 1 aromatic heterocycles. The van der Waals surface area contributed by atoms with Gasteiger partial charge in [-0.2, -0.15) is 0 Å². The van der Waals surface area contributed by atoms with Crippen molar-refractivity contribution in [3.63, 3.8) is 0 Å². The fraction of sp³-hybridized carbons (Fsp3) is 0.385. The fourth-order valence-corrected chi connectivity index (χ4v) is 11.6. The number of nitrogens with one attached hydrogen (secondary N) is 1. The molecule has 0 amide bonds. The maximum Gasteiger partial charge on any atom is 0.330 e. The van der Waals surface area contributed by atoms with Crippen molar-refractivity contribution >= 4 is 18.4 Å². The normalized spacial score (nSPS) is 24.5. The van der Waals surface area contributed by atoms with E-state index < -0.39 is 49.6 Å². The van der Waals surface area contributed by atoms with Crippen LogP contribution in [0.2, 0.25) is 6.04 Å². The molecule has 35 heavy (non-hydrogen) atoms. The summed E-state index contributed by atoms with van der Waals surface area (Å²) in [5, 5.41) is 33.0. The van der Waals surface area contributed by atoms with Gasteiger partial charge in [-0.15, -0.1) is 0 Å². The second kappa shape index (κ2) is 10.0. The molecule has 9 heteroatoms. The van der Waals surface area contributed by atoms with Gasteiger partial charge in [-0.25, -0.2) is 4.79 Å². The first-order valence-electron chi connectivity index (χ1n) is 11.9. The first-order valence-corrected chi connectivity index (χ1v) is 14.1. The van der Waals surface area contributed by atoms with Crippen LogP contribution in [0, 0.1) is 6.92 Å². The van der Waals surface area contributed by atoms with Gasteiger partial charge in [0.1, 0.15) is 18.3 Å². The Morgan fingerprint density at radius 2 is 1.60 bits per heavy atom. The quantitative estimate of drug-likeness (QED) is 0.331. The van der Waals surface area contributed by atoms with Crippen molar-refractivity contribution in [2.75, 3.05) is 6.61 Å². The van der Waals surface area contributed by atoms with Gasteiger partial charge in [0.15, 0.2) is 13.4 Å². The number of hydrogen-bond donors (Lipinski definition) is 4. The second-order valence-electron chi connectivity index (χ2n) is 9.15. The number of aromatic amines is 1. The highest BCUT2D eigenvalue weighted by atomic mass is 28.3. The third-order valence-corrected chi connectivity index (χ3v) is 12.8. The molecule has 186 valence electrons. The minimum Gasteiger partial charge on any atom is -0.394 e. The molecule has 1 aliphatic heterocycles. The summed E-state index contributed by atoms with van der Waals surface area (Å²) in [4.78, 5) is 28.0. The molecular formula is C26H32N2O6Si. The molecule has 0 spiro atoms. The first-order chi connectivity index (χ1) is 16.8. The Balaban J connectivity index is 2.20. The molecule has 0 bridgehead atoms. The largest absolute Gasteiger partial charge is 0.394 e. The van der Waals surface area contributed by atoms with Crippen LogP contribution in [0.15, 0.2) is 76.4 Å². The van der Waals surface area contributed by atoms with Crippen molar-refractivity contribution in [3.8, 4) is 0 Å². The summed E-state index contributed by atoms with van der Waals surface area (Å²) in [5.74, 6) is 0. The van der Waals surface area contributed by atoms with Gasteiger partial charge in [0.2, 0.25) is 0 Å². The average molecular weight is 497 g/mol. The highest BCUT2D eigenvalue weighted by Crippen LogP contribution is 2.44. The number of H-pyrrole nitrogens is 1. The van der Waals surface area contributed by atoms with E-state index in [1.165, 1.54) is 10.8 Å². The number of ether oxygens (including phenoxy) is 1. The number of aryl methyl sites for hydroxylation is 1. The molecule has 1 saturated heterocycles. The molecule has 0 aliphatic carbocycles. The monoisotopic (exact) mass is 496 g/mol. The number of aliphatic hydroxyl groups excluding tert-OH is 3. The van der Waals surface area contributed by atoms with Crippen LogP contribution in [-0.4, -0.2) is 57.9 Å². The molecule has 1 fully saturated rings. The van der Waals surface area contributed by atoms with Crippen molar-refractivity contribution in [1.82, 2.24) is 9.55 Å². The summed E-state index contributed by atoms with van der Waals surface area (Å²) in [6, 6.07) is 19.9. The maximum absolute atomic E-state index is 13.4. The third kappa shape index (κ3) is 3.93. The Hall–Kier alpha value is -2.82. The van der Waals surface area contributed by atoms with Gasteiger partial charge in [-0.05, 0) is 23.3 Å². The SMILES string of the molecule is CCCC[Si](c1ccccc1)(c1ccccc1)[C@@]1(n2cc(C)c(=O)[nH]c2=O)O[C@H](CO)[C@@H](O)[C@H]1O. The standard InChI is InChI=1S/C26H32N2O6Si/c1-3-4-15-35(19-11-7-5-8-12-19,20-13-9-6-10-14-20)26(23(31)22(30)21(17-29)34-26)28-16-18(2)24(32)27-25(28)33/h5-14,16,21-23,29-31H,3-4,15,17H2,1-2H3,(H,27,32,33)/t21-,22-,23-,26+/m1/s1. The van der Waals surface area contributed by atoms with Crippen LogP contribution in [0.25, 0.3) is 0 Å². The number of aromatic nitrogens is 2. The highest BCUT2D eigenvalue weighted by molar-refractivity contribution is 7.03. The van der Waals surface area contributed by atoms with Crippen molar-refractivity contribution in [2.24, 2.45) is 0 Å². The average Bonchev–Trinajstić information content (AvgIpc) is 3.14. The van der Waals surface area contributed by atoms with Gasteiger partial charge < -0.3 is 20.1 Å². The van der Waals surface area contributed by atoms with Gasteiger partial charge in [0, 0.05) is 11.8 Å². The topological polar surface area (TPSA) is 125 Å². The molecule has 0 radical (unpaired) electrons. The lowest BCUT2D eigenvalue weighted by atomic mass is 10.1. The Morgan fingerprint density at radius 3 is 2.09 bits per heavy atom. The molecule has 3 aromatic rings. The van der Waals surface area contributed by atoms with Crippen molar-refractivity contribution in [3.05, 3.63) is 93.3 Å². The van der Waals surface area contributed by atoms with Crippen LogP contribution < -0.4 is 21.6 Å². The predicted molar refractivity (Wildman–Crippen MR) is 136 cm³/mol. The zero-order valence-electron chi connectivity index (χ0n) is 19.9. The lowest BCUT2D eigenvalue weighted by Gasteiger charge is -2.49. The third-order valence-electron chi connectivity index (χ3n) is 7.14. The number of rotatable bonds is 8. The van der Waals surface area contributed by atoms with Gasteiger partial charge in [0.25, 0.3) is 5.56 Å². The maximum atomic E-state index is 13.4. The number of nitrogens with zero attached hydrogens (tertiary/aromatic N) is 1. The van der Waals surface area contributed by atoms with Gasteiger partial charge >= 0.3 is 5.69 Å². The molecular weight excluding hydrogens is 464 g/mol. The van der Waals surface area contributed by atoms with Crippen LogP contribution in [0.3, 0.4) is 0 Å². The van der Waals surface area contributed by atoms with E-state index in [1.807, 2.05) is 60.7 Å². The van der Waals surface area contributed by atoms with E-state index in [0.717, 1.165) is 23.2 Å². The summed E-state index contributed by atoms with van der Waals surface area (Å²) >= 11 is 0. The van der Waals surface area contributed by atoms with E-state index >= 15 is 0 Å². The molecule has 0 saturated carbocycles.